The van der Waals surface area contributed by atoms with Crippen molar-refractivity contribution in [1.82, 2.24) is 4.90 Å². The number of amides is 1. The molecule has 1 saturated carbocycles. The molecule has 0 aliphatic heterocycles. The minimum Gasteiger partial charge on any atom is -0.507 e. The predicted molar refractivity (Wildman–Crippen MR) is 79.6 cm³/mol. The van der Waals surface area contributed by atoms with Gasteiger partial charge in [0.05, 0.1) is 0 Å². The lowest BCUT2D eigenvalue weighted by Gasteiger charge is -2.34. The van der Waals surface area contributed by atoms with Crippen molar-refractivity contribution in [2.24, 2.45) is 5.73 Å². The second-order valence-corrected chi connectivity index (χ2v) is 5.57. The van der Waals surface area contributed by atoms with Gasteiger partial charge in [0.2, 0.25) is 0 Å². The van der Waals surface area contributed by atoms with Crippen LogP contribution >= 0.6 is 0 Å². The first-order valence-corrected chi connectivity index (χ1v) is 7.63. The van der Waals surface area contributed by atoms with Crippen molar-refractivity contribution in [3.05, 3.63) is 29.6 Å². The fraction of sp³-hybridized carbons (Fsp3) is 0.562. The number of carbonyl (C=O) groups excluding carboxylic acids is 1. The Morgan fingerprint density at radius 3 is 2.67 bits per heavy atom. The molecule has 1 aliphatic rings. The van der Waals surface area contributed by atoms with Crippen LogP contribution in [0.1, 0.15) is 48.9 Å². The molecule has 0 heterocycles. The summed E-state index contributed by atoms with van der Waals surface area (Å²) < 4.78 is 13.9. The number of nitrogens with zero attached hydrogens (tertiary/aromatic N) is 1. The lowest BCUT2D eigenvalue weighted by molar-refractivity contribution is 0.0625. The van der Waals surface area contributed by atoms with Crippen molar-refractivity contribution < 1.29 is 14.3 Å². The van der Waals surface area contributed by atoms with Gasteiger partial charge in [0.1, 0.15) is 17.1 Å². The van der Waals surface area contributed by atoms with Gasteiger partial charge in [0.25, 0.3) is 5.91 Å². The van der Waals surface area contributed by atoms with E-state index in [0.717, 1.165) is 25.7 Å². The molecule has 0 saturated heterocycles. The summed E-state index contributed by atoms with van der Waals surface area (Å²) >= 11 is 0. The molecule has 4 nitrogen and oxygen atoms in total. The Morgan fingerprint density at radius 2 is 2.05 bits per heavy atom. The van der Waals surface area contributed by atoms with Crippen LogP contribution in [0.2, 0.25) is 0 Å². The second-order valence-electron chi connectivity index (χ2n) is 5.57. The molecular formula is C16H23FN2O2. The molecule has 0 radical (unpaired) electrons. The van der Waals surface area contributed by atoms with Gasteiger partial charge < -0.3 is 15.7 Å². The topological polar surface area (TPSA) is 66.6 Å². The van der Waals surface area contributed by atoms with E-state index in [1.807, 2.05) is 0 Å². The van der Waals surface area contributed by atoms with E-state index in [0.29, 0.717) is 19.5 Å². The summed E-state index contributed by atoms with van der Waals surface area (Å²) in [5.74, 6) is -1.40. The Bertz CT molecular complexity index is 467. The van der Waals surface area contributed by atoms with Crippen LogP contribution in [0.25, 0.3) is 0 Å². The van der Waals surface area contributed by atoms with Gasteiger partial charge >= 0.3 is 0 Å². The first-order chi connectivity index (χ1) is 10.1. The maximum absolute atomic E-state index is 13.9. The minimum absolute atomic E-state index is 0.122. The predicted octanol–water partition coefficient (Wildman–Crippen LogP) is 2.66. The average Bonchev–Trinajstić information content (AvgIpc) is 2.48. The largest absolute Gasteiger partial charge is 0.507 e. The minimum atomic E-state index is -0.673. The number of halogens is 1. The summed E-state index contributed by atoms with van der Waals surface area (Å²) in [6.07, 6.45) is 5.90. The standard InChI is InChI=1S/C16H23FN2O2/c17-13-8-4-9-14(20)15(13)16(21)19(11-5-10-18)12-6-2-1-3-7-12/h4,8-9,12,20H,1-3,5-7,10-11,18H2. The zero-order chi connectivity index (χ0) is 15.2. The highest BCUT2D eigenvalue weighted by Crippen LogP contribution is 2.27. The maximum Gasteiger partial charge on any atom is 0.260 e. The third kappa shape index (κ3) is 3.73. The van der Waals surface area contributed by atoms with Crippen LogP contribution in [-0.4, -0.2) is 35.0 Å². The fourth-order valence-corrected chi connectivity index (χ4v) is 2.97. The number of benzene rings is 1. The Kier molecular flexibility index (Phi) is 5.56. The van der Waals surface area contributed by atoms with Gasteiger partial charge in [0.15, 0.2) is 0 Å². The number of nitrogens with two attached hydrogens (primary N) is 1. The van der Waals surface area contributed by atoms with Crippen molar-refractivity contribution in [2.45, 2.75) is 44.6 Å². The quantitative estimate of drug-likeness (QED) is 0.877. The number of phenolic OH excluding ortho intramolecular Hbond substituents is 1. The zero-order valence-corrected chi connectivity index (χ0v) is 12.2. The monoisotopic (exact) mass is 294 g/mol. The average molecular weight is 294 g/mol. The summed E-state index contributed by atoms with van der Waals surface area (Å²) in [5, 5.41) is 9.82. The molecule has 0 bridgehead atoms. The molecule has 116 valence electrons. The molecule has 21 heavy (non-hydrogen) atoms. The van der Waals surface area contributed by atoms with E-state index in [-0.39, 0.29) is 17.4 Å². The molecule has 1 aromatic carbocycles. The van der Waals surface area contributed by atoms with Crippen molar-refractivity contribution in [3.63, 3.8) is 0 Å². The van der Waals surface area contributed by atoms with Gasteiger partial charge in [0, 0.05) is 12.6 Å². The Morgan fingerprint density at radius 1 is 1.33 bits per heavy atom. The van der Waals surface area contributed by atoms with Gasteiger partial charge in [-0.3, -0.25) is 4.79 Å². The molecule has 0 atom stereocenters. The highest BCUT2D eigenvalue weighted by molar-refractivity contribution is 5.97. The summed E-state index contributed by atoms with van der Waals surface area (Å²) in [7, 11) is 0. The highest BCUT2D eigenvalue weighted by atomic mass is 19.1. The maximum atomic E-state index is 13.9. The smallest absolute Gasteiger partial charge is 0.260 e. The second kappa shape index (κ2) is 7.41. The van der Waals surface area contributed by atoms with E-state index < -0.39 is 11.7 Å². The molecule has 0 aromatic heterocycles. The van der Waals surface area contributed by atoms with Crippen LogP contribution in [0.5, 0.6) is 5.75 Å². The molecule has 0 unspecified atom stereocenters. The first-order valence-electron chi connectivity index (χ1n) is 7.63. The van der Waals surface area contributed by atoms with Crippen molar-refractivity contribution in [2.75, 3.05) is 13.1 Å². The van der Waals surface area contributed by atoms with Crippen LogP contribution in [0, 0.1) is 5.82 Å². The number of hydrogen-bond acceptors (Lipinski definition) is 3. The fourth-order valence-electron chi connectivity index (χ4n) is 2.97. The first kappa shape index (κ1) is 15.8. The SMILES string of the molecule is NCCCN(C(=O)c1c(O)cccc1F)C1CCCCC1. The van der Waals surface area contributed by atoms with Crippen molar-refractivity contribution in [1.29, 1.82) is 0 Å². The van der Waals surface area contributed by atoms with Crippen LogP contribution in [0.4, 0.5) is 4.39 Å². The Balaban J connectivity index is 2.24. The number of rotatable bonds is 5. The third-order valence-electron chi connectivity index (χ3n) is 4.08. The van der Waals surface area contributed by atoms with Gasteiger partial charge in [-0.05, 0) is 37.9 Å². The summed E-state index contributed by atoms with van der Waals surface area (Å²) in [5.41, 5.74) is 5.32. The van der Waals surface area contributed by atoms with E-state index in [2.05, 4.69) is 0 Å². The van der Waals surface area contributed by atoms with Gasteiger partial charge in [-0.2, -0.15) is 0 Å². The van der Waals surface area contributed by atoms with E-state index in [4.69, 9.17) is 5.73 Å². The molecule has 0 spiro atoms. The molecule has 5 heteroatoms. The third-order valence-corrected chi connectivity index (χ3v) is 4.08. The molecule has 3 N–H and O–H groups in total. The van der Waals surface area contributed by atoms with Crippen LogP contribution in [0.3, 0.4) is 0 Å². The number of carbonyl (C=O) groups is 1. The lowest BCUT2D eigenvalue weighted by Crippen LogP contribution is -2.43. The Hall–Kier alpha value is -1.62. The van der Waals surface area contributed by atoms with Crippen LogP contribution < -0.4 is 5.73 Å². The van der Waals surface area contributed by atoms with E-state index in [1.165, 1.54) is 24.6 Å². The molecular weight excluding hydrogens is 271 g/mol. The number of phenols is 1. The number of hydrogen-bond donors (Lipinski definition) is 2. The Labute approximate surface area is 124 Å². The zero-order valence-electron chi connectivity index (χ0n) is 12.2. The lowest BCUT2D eigenvalue weighted by atomic mass is 9.93. The molecule has 1 aliphatic carbocycles. The normalized spacial score (nSPS) is 15.9. The van der Waals surface area contributed by atoms with Gasteiger partial charge in [-0.15, -0.1) is 0 Å². The van der Waals surface area contributed by atoms with Crippen LogP contribution in [0.15, 0.2) is 18.2 Å². The molecule has 1 aromatic rings. The van der Waals surface area contributed by atoms with Gasteiger partial charge in [-0.1, -0.05) is 25.3 Å². The van der Waals surface area contributed by atoms with E-state index in [9.17, 15) is 14.3 Å². The van der Waals surface area contributed by atoms with Crippen molar-refractivity contribution in [3.8, 4) is 5.75 Å². The molecule has 1 amide bonds. The summed E-state index contributed by atoms with van der Waals surface area (Å²) in [4.78, 5) is 14.4. The summed E-state index contributed by atoms with van der Waals surface area (Å²) in [6.45, 7) is 0.994. The summed E-state index contributed by atoms with van der Waals surface area (Å²) in [6, 6.07) is 4.07. The molecule has 2 rings (SSSR count). The van der Waals surface area contributed by atoms with Crippen LogP contribution in [-0.2, 0) is 0 Å². The number of aromatic hydroxyl groups is 1. The van der Waals surface area contributed by atoms with E-state index in [1.54, 1.807) is 4.90 Å². The highest BCUT2D eigenvalue weighted by Gasteiger charge is 2.29. The van der Waals surface area contributed by atoms with Crippen molar-refractivity contribution >= 4 is 5.91 Å². The van der Waals surface area contributed by atoms with Gasteiger partial charge in [-0.25, -0.2) is 4.39 Å². The van der Waals surface area contributed by atoms with E-state index >= 15 is 0 Å². The molecule has 1 fully saturated rings.